The number of nitriles is 2. The number of aromatic nitrogens is 2. The van der Waals surface area contributed by atoms with Crippen molar-refractivity contribution in [1.29, 1.82) is 10.5 Å². The van der Waals surface area contributed by atoms with Gasteiger partial charge in [-0.15, -0.1) is 0 Å². The van der Waals surface area contributed by atoms with Crippen LogP contribution in [0.25, 0.3) is 0 Å². The third-order valence-corrected chi connectivity index (χ3v) is 2.66. The van der Waals surface area contributed by atoms with Gasteiger partial charge in [0.15, 0.2) is 18.1 Å². The molecule has 2 aromatic rings. The molecular weight excluding hydrogens is 306 g/mol. The molecule has 0 aromatic carbocycles. The van der Waals surface area contributed by atoms with Crippen molar-refractivity contribution in [2.75, 3.05) is 11.9 Å². The molecule has 1 N–H and O–H groups in total. The van der Waals surface area contributed by atoms with E-state index in [4.69, 9.17) is 26.9 Å². The lowest BCUT2D eigenvalue weighted by molar-refractivity contribution is -0.118. The Kier molecular flexibility index (Phi) is 4.86. The molecule has 0 aliphatic carbocycles. The highest BCUT2D eigenvalue weighted by molar-refractivity contribution is 6.30. The van der Waals surface area contributed by atoms with E-state index in [9.17, 15) is 4.79 Å². The van der Waals surface area contributed by atoms with Gasteiger partial charge in [-0.25, -0.2) is 9.97 Å². The second-order valence-corrected chi connectivity index (χ2v) is 4.40. The molecule has 0 bridgehead atoms. The van der Waals surface area contributed by atoms with Crippen LogP contribution in [0.2, 0.25) is 5.02 Å². The van der Waals surface area contributed by atoms with Crippen LogP contribution in [0, 0.1) is 22.7 Å². The number of nitrogens with one attached hydrogen (secondary N) is 1. The second kappa shape index (κ2) is 7.02. The number of hydrogen-bond donors (Lipinski definition) is 1. The van der Waals surface area contributed by atoms with Crippen molar-refractivity contribution >= 4 is 23.3 Å². The molecule has 0 spiro atoms. The summed E-state index contributed by atoms with van der Waals surface area (Å²) in [5.74, 6) is 0.000229. The van der Waals surface area contributed by atoms with Crippen LogP contribution in [0.15, 0.2) is 30.5 Å². The average molecular weight is 314 g/mol. The normalized spacial score (nSPS) is 9.41. The van der Waals surface area contributed by atoms with Gasteiger partial charge < -0.3 is 10.1 Å². The molecule has 7 nitrogen and oxygen atoms in total. The SMILES string of the molecule is N#Cc1ccc(OCC(=O)Nc2ccc(Cl)cn2)c(C#N)n1. The molecule has 0 saturated heterocycles. The first kappa shape index (κ1) is 15.2. The van der Waals surface area contributed by atoms with E-state index in [0.717, 1.165) is 0 Å². The molecule has 2 rings (SSSR count). The Labute approximate surface area is 130 Å². The molecule has 0 saturated carbocycles. The average Bonchev–Trinajstić information content (AvgIpc) is 2.55. The Morgan fingerprint density at radius 2 is 2.09 bits per heavy atom. The topological polar surface area (TPSA) is 112 Å². The first-order chi connectivity index (χ1) is 10.6. The minimum absolute atomic E-state index is 0.0588. The van der Waals surface area contributed by atoms with Crippen LogP contribution < -0.4 is 10.1 Å². The van der Waals surface area contributed by atoms with Crippen molar-refractivity contribution in [3.8, 4) is 17.9 Å². The lowest BCUT2D eigenvalue weighted by atomic mass is 10.3. The van der Waals surface area contributed by atoms with Gasteiger partial charge in [0.2, 0.25) is 0 Å². The molecule has 0 aliphatic rings. The second-order valence-electron chi connectivity index (χ2n) is 3.97. The zero-order valence-corrected chi connectivity index (χ0v) is 11.8. The van der Waals surface area contributed by atoms with Gasteiger partial charge in [0.25, 0.3) is 5.91 Å². The predicted molar refractivity (Wildman–Crippen MR) is 77.0 cm³/mol. The maximum absolute atomic E-state index is 11.7. The Balaban J connectivity index is 1.98. The minimum atomic E-state index is -0.455. The van der Waals surface area contributed by atoms with Gasteiger partial charge in [0.05, 0.1) is 5.02 Å². The number of nitrogens with zero attached hydrogens (tertiary/aromatic N) is 4. The van der Waals surface area contributed by atoms with Crippen molar-refractivity contribution in [3.63, 3.8) is 0 Å². The van der Waals surface area contributed by atoms with Gasteiger partial charge >= 0.3 is 0 Å². The van der Waals surface area contributed by atoms with Gasteiger partial charge in [-0.1, -0.05) is 11.6 Å². The Morgan fingerprint density at radius 3 is 2.73 bits per heavy atom. The van der Waals surface area contributed by atoms with E-state index >= 15 is 0 Å². The number of carbonyl (C=O) groups is 1. The Hall–Kier alpha value is -3.16. The molecule has 0 radical (unpaired) electrons. The van der Waals surface area contributed by atoms with Gasteiger partial charge in [0.1, 0.15) is 23.7 Å². The molecule has 22 heavy (non-hydrogen) atoms. The van der Waals surface area contributed by atoms with Crippen LogP contribution >= 0.6 is 11.6 Å². The molecule has 1 amide bonds. The van der Waals surface area contributed by atoms with Crippen molar-refractivity contribution in [2.45, 2.75) is 0 Å². The molecule has 2 heterocycles. The number of carbonyl (C=O) groups excluding carboxylic acids is 1. The van der Waals surface area contributed by atoms with E-state index in [-0.39, 0.29) is 23.7 Å². The van der Waals surface area contributed by atoms with Crippen LogP contribution in [0.5, 0.6) is 5.75 Å². The van der Waals surface area contributed by atoms with Gasteiger partial charge in [-0.2, -0.15) is 10.5 Å². The largest absolute Gasteiger partial charge is 0.481 e. The minimum Gasteiger partial charge on any atom is -0.481 e. The number of halogens is 1. The summed E-state index contributed by atoms with van der Waals surface area (Å²) >= 11 is 5.69. The van der Waals surface area contributed by atoms with Crippen LogP contribution in [0.3, 0.4) is 0 Å². The zero-order chi connectivity index (χ0) is 15.9. The highest BCUT2D eigenvalue weighted by atomic mass is 35.5. The maximum atomic E-state index is 11.7. The first-order valence-corrected chi connectivity index (χ1v) is 6.35. The maximum Gasteiger partial charge on any atom is 0.263 e. The summed E-state index contributed by atoms with van der Waals surface area (Å²) in [4.78, 5) is 19.4. The fourth-order valence-corrected chi connectivity index (χ4v) is 1.59. The number of rotatable bonds is 4. The number of amides is 1. The van der Waals surface area contributed by atoms with E-state index in [1.165, 1.54) is 18.3 Å². The fraction of sp³-hybridized carbons (Fsp3) is 0.0714. The molecule has 0 atom stereocenters. The predicted octanol–water partition coefficient (Wildman–Crippen LogP) is 1.89. The number of pyridine rings is 2. The van der Waals surface area contributed by atoms with Crippen molar-refractivity contribution in [3.05, 3.63) is 46.9 Å². The highest BCUT2D eigenvalue weighted by Gasteiger charge is 2.10. The summed E-state index contributed by atoms with van der Waals surface area (Å²) in [6.45, 7) is -0.327. The Bertz CT molecular complexity index is 777. The monoisotopic (exact) mass is 313 g/mol. The third-order valence-electron chi connectivity index (χ3n) is 2.43. The van der Waals surface area contributed by atoms with Gasteiger partial charge in [0, 0.05) is 6.20 Å². The van der Waals surface area contributed by atoms with Crippen molar-refractivity contribution in [1.82, 2.24) is 9.97 Å². The zero-order valence-electron chi connectivity index (χ0n) is 11.1. The van der Waals surface area contributed by atoms with Crippen LogP contribution in [-0.4, -0.2) is 22.5 Å². The number of ether oxygens (including phenoxy) is 1. The Morgan fingerprint density at radius 1 is 1.27 bits per heavy atom. The first-order valence-electron chi connectivity index (χ1n) is 5.98. The molecule has 0 unspecified atom stereocenters. The summed E-state index contributed by atoms with van der Waals surface area (Å²) in [6, 6.07) is 9.56. The van der Waals surface area contributed by atoms with Crippen LogP contribution in [-0.2, 0) is 4.79 Å². The third kappa shape index (κ3) is 3.92. The van der Waals surface area contributed by atoms with E-state index < -0.39 is 5.91 Å². The van der Waals surface area contributed by atoms with Crippen molar-refractivity contribution in [2.24, 2.45) is 0 Å². The smallest absolute Gasteiger partial charge is 0.263 e. The van der Waals surface area contributed by atoms with Crippen molar-refractivity contribution < 1.29 is 9.53 Å². The number of anilines is 1. The summed E-state index contributed by atoms with van der Waals surface area (Å²) < 4.78 is 5.22. The molecule has 0 aliphatic heterocycles. The molecule has 0 fully saturated rings. The van der Waals surface area contributed by atoms with E-state index in [1.54, 1.807) is 18.2 Å². The molecule has 2 aromatic heterocycles. The summed E-state index contributed by atoms with van der Waals surface area (Å²) in [5.41, 5.74) is 0.0372. The van der Waals surface area contributed by atoms with Crippen LogP contribution in [0.4, 0.5) is 5.82 Å². The van der Waals surface area contributed by atoms with Gasteiger partial charge in [-0.3, -0.25) is 4.79 Å². The van der Waals surface area contributed by atoms with Gasteiger partial charge in [-0.05, 0) is 24.3 Å². The van der Waals surface area contributed by atoms with E-state index in [0.29, 0.717) is 10.8 Å². The van der Waals surface area contributed by atoms with E-state index in [2.05, 4.69) is 15.3 Å². The summed E-state index contributed by atoms with van der Waals surface area (Å²) in [6.07, 6.45) is 1.40. The molecule has 108 valence electrons. The van der Waals surface area contributed by atoms with E-state index in [1.807, 2.05) is 6.07 Å². The molecule has 8 heteroatoms. The standard InChI is InChI=1S/C14H8ClN5O2/c15-9-1-4-13(18-7-9)20-14(21)8-22-12-3-2-10(5-16)19-11(12)6-17/h1-4,7H,8H2,(H,18,20,21). The fourth-order valence-electron chi connectivity index (χ4n) is 1.48. The summed E-state index contributed by atoms with van der Waals surface area (Å²) in [5, 5.41) is 20.6. The lowest BCUT2D eigenvalue weighted by Crippen LogP contribution is -2.21. The quantitative estimate of drug-likeness (QED) is 0.922. The van der Waals surface area contributed by atoms with Crippen LogP contribution in [0.1, 0.15) is 11.4 Å². The highest BCUT2D eigenvalue weighted by Crippen LogP contribution is 2.16. The lowest BCUT2D eigenvalue weighted by Gasteiger charge is -2.07. The summed E-state index contributed by atoms with van der Waals surface area (Å²) in [7, 11) is 0. The molecular formula is C14H8ClN5O2. The number of hydrogen-bond acceptors (Lipinski definition) is 6.